The SMILES string of the molecule is [C-]#[N+]C(CN)N(C)S(=O)(=O)N1C[C@H](CCCB(O)O)[C@](N)(C(=O)O)C1. The minimum Gasteiger partial charge on any atom is -0.480 e. The van der Waals surface area contributed by atoms with Gasteiger partial charge >= 0.3 is 19.3 Å². The van der Waals surface area contributed by atoms with Crippen molar-refractivity contribution < 1.29 is 28.4 Å². The van der Waals surface area contributed by atoms with E-state index >= 15 is 0 Å². The van der Waals surface area contributed by atoms with Gasteiger partial charge < -0.3 is 26.6 Å². The molecule has 3 atom stereocenters. The zero-order valence-electron chi connectivity index (χ0n) is 13.9. The third kappa shape index (κ3) is 4.67. The van der Waals surface area contributed by atoms with Gasteiger partial charge in [0, 0.05) is 26.1 Å². The molecule has 0 radical (unpaired) electrons. The lowest BCUT2D eigenvalue weighted by atomic mass is 9.78. The van der Waals surface area contributed by atoms with Gasteiger partial charge in [-0.25, -0.2) is 6.57 Å². The zero-order valence-corrected chi connectivity index (χ0v) is 14.8. The maximum Gasteiger partial charge on any atom is 0.451 e. The highest BCUT2D eigenvalue weighted by Gasteiger charge is 2.53. The van der Waals surface area contributed by atoms with E-state index in [1.54, 1.807) is 0 Å². The van der Waals surface area contributed by atoms with Crippen molar-refractivity contribution in [2.75, 3.05) is 26.7 Å². The molecule has 1 heterocycles. The van der Waals surface area contributed by atoms with Crippen molar-refractivity contribution in [1.82, 2.24) is 8.61 Å². The molecule has 0 spiro atoms. The van der Waals surface area contributed by atoms with Gasteiger partial charge in [0.15, 0.2) is 0 Å². The molecule has 0 aromatic rings. The first kappa shape index (κ1) is 21.8. The Morgan fingerprint density at radius 2 is 2.16 bits per heavy atom. The molecule has 0 aromatic carbocycles. The van der Waals surface area contributed by atoms with E-state index in [0.717, 1.165) is 8.61 Å². The van der Waals surface area contributed by atoms with Crippen LogP contribution in [0.25, 0.3) is 4.85 Å². The summed E-state index contributed by atoms with van der Waals surface area (Å²) in [6, 6.07) is 0. The first-order chi connectivity index (χ1) is 11.5. The van der Waals surface area contributed by atoms with Crippen LogP contribution in [0, 0.1) is 12.5 Å². The Hall–Kier alpha value is -1.27. The summed E-state index contributed by atoms with van der Waals surface area (Å²) in [6.07, 6.45) is -0.553. The number of carboxylic acid groups (broad SMARTS) is 1. The monoisotopic (exact) mass is 377 g/mol. The van der Waals surface area contributed by atoms with Crippen LogP contribution in [-0.4, -0.2) is 83.7 Å². The van der Waals surface area contributed by atoms with Gasteiger partial charge in [-0.2, -0.15) is 12.7 Å². The average Bonchev–Trinajstić information content (AvgIpc) is 2.87. The normalized spacial score (nSPS) is 25.7. The Bertz CT molecular complexity index is 626. The number of nitrogens with two attached hydrogens (primary N) is 2. The summed E-state index contributed by atoms with van der Waals surface area (Å²) in [7, 11) is -4.42. The minimum atomic E-state index is -4.11. The van der Waals surface area contributed by atoms with Gasteiger partial charge in [-0.3, -0.25) is 9.64 Å². The molecular formula is C12H24BN5O6S. The van der Waals surface area contributed by atoms with Crippen molar-refractivity contribution in [3.05, 3.63) is 11.4 Å². The molecular weight excluding hydrogens is 353 g/mol. The smallest absolute Gasteiger partial charge is 0.451 e. The standard InChI is InChI=1S/C12H24BN5O6S/c1-16-10(6-14)17(2)25(23,24)18-7-9(4-3-5-13(21)22)12(15,8-18)11(19)20/h9-10,21-22H,3-8,14-15H2,2H3,(H,19,20)/t9-,10?,12-/m0/s1. The quantitative estimate of drug-likeness (QED) is 0.214. The molecule has 7 N–H and O–H groups in total. The van der Waals surface area contributed by atoms with E-state index in [1.165, 1.54) is 7.05 Å². The molecule has 1 unspecified atom stereocenters. The van der Waals surface area contributed by atoms with Gasteiger partial charge in [-0.05, 0) is 12.7 Å². The Labute approximate surface area is 147 Å². The van der Waals surface area contributed by atoms with E-state index in [0.29, 0.717) is 0 Å². The number of hydrogen-bond acceptors (Lipinski definition) is 7. The van der Waals surface area contributed by atoms with E-state index in [1.807, 2.05) is 0 Å². The zero-order chi connectivity index (χ0) is 19.4. The van der Waals surface area contributed by atoms with E-state index < -0.39 is 47.5 Å². The molecule has 13 heteroatoms. The Kier molecular flexibility index (Phi) is 7.33. The fraction of sp³-hybridized carbons (Fsp3) is 0.833. The number of carboxylic acids is 1. The second-order valence-corrected chi connectivity index (χ2v) is 8.10. The Morgan fingerprint density at radius 1 is 1.56 bits per heavy atom. The van der Waals surface area contributed by atoms with E-state index in [-0.39, 0.29) is 32.3 Å². The van der Waals surface area contributed by atoms with E-state index in [2.05, 4.69) is 4.85 Å². The number of rotatable bonds is 9. The maximum atomic E-state index is 12.7. The molecule has 0 bridgehead atoms. The van der Waals surface area contributed by atoms with Crippen LogP contribution < -0.4 is 11.5 Å². The summed E-state index contributed by atoms with van der Waals surface area (Å²) < 4.78 is 27.1. The fourth-order valence-electron chi connectivity index (χ4n) is 2.83. The third-order valence-electron chi connectivity index (χ3n) is 4.47. The van der Waals surface area contributed by atoms with Crippen LogP contribution in [0.2, 0.25) is 6.32 Å². The lowest BCUT2D eigenvalue weighted by molar-refractivity contribution is -0.144. The number of nitrogens with zero attached hydrogens (tertiary/aromatic N) is 3. The summed E-state index contributed by atoms with van der Waals surface area (Å²) in [6.45, 7) is 6.25. The second-order valence-electron chi connectivity index (χ2n) is 6.12. The van der Waals surface area contributed by atoms with Crippen molar-refractivity contribution in [3.8, 4) is 0 Å². The molecule has 1 saturated heterocycles. The molecule has 0 aliphatic carbocycles. The van der Waals surface area contributed by atoms with Crippen LogP contribution in [0.5, 0.6) is 0 Å². The molecule has 1 aliphatic heterocycles. The number of aliphatic carboxylic acids is 1. The van der Waals surface area contributed by atoms with Crippen molar-refractivity contribution in [2.45, 2.75) is 30.9 Å². The van der Waals surface area contributed by atoms with Crippen molar-refractivity contribution in [1.29, 1.82) is 0 Å². The van der Waals surface area contributed by atoms with Crippen LogP contribution in [0.3, 0.4) is 0 Å². The molecule has 0 amide bonds. The van der Waals surface area contributed by atoms with Crippen molar-refractivity contribution in [2.24, 2.45) is 17.4 Å². The van der Waals surface area contributed by atoms with Gasteiger partial charge in [0.2, 0.25) is 0 Å². The molecule has 0 saturated carbocycles. The maximum absolute atomic E-state index is 12.7. The predicted molar refractivity (Wildman–Crippen MR) is 90.0 cm³/mol. The Morgan fingerprint density at radius 3 is 2.60 bits per heavy atom. The Balaban J connectivity index is 3.00. The molecule has 11 nitrogen and oxygen atoms in total. The van der Waals surface area contributed by atoms with Crippen LogP contribution in [0.4, 0.5) is 0 Å². The summed E-state index contributed by atoms with van der Waals surface area (Å²) in [4.78, 5) is 14.7. The van der Waals surface area contributed by atoms with Crippen LogP contribution >= 0.6 is 0 Å². The van der Waals surface area contributed by atoms with Crippen LogP contribution in [0.15, 0.2) is 0 Å². The predicted octanol–water partition coefficient (Wildman–Crippen LogP) is -2.67. The molecule has 1 aliphatic rings. The first-order valence-corrected chi connectivity index (χ1v) is 9.08. The van der Waals surface area contributed by atoms with Gasteiger partial charge in [0.25, 0.3) is 10.2 Å². The lowest BCUT2D eigenvalue weighted by Gasteiger charge is -2.26. The highest BCUT2D eigenvalue weighted by atomic mass is 32.2. The van der Waals surface area contributed by atoms with E-state index in [9.17, 15) is 18.3 Å². The van der Waals surface area contributed by atoms with Gasteiger partial charge in [0.1, 0.15) is 5.54 Å². The highest BCUT2D eigenvalue weighted by molar-refractivity contribution is 7.86. The van der Waals surface area contributed by atoms with E-state index in [4.69, 9.17) is 28.1 Å². The van der Waals surface area contributed by atoms with Crippen molar-refractivity contribution >= 4 is 23.3 Å². The van der Waals surface area contributed by atoms with Gasteiger partial charge in [-0.15, -0.1) is 4.31 Å². The van der Waals surface area contributed by atoms with Crippen molar-refractivity contribution in [3.63, 3.8) is 0 Å². The summed E-state index contributed by atoms with van der Waals surface area (Å²) in [5.41, 5.74) is 9.57. The third-order valence-corrected chi connectivity index (χ3v) is 6.38. The fourth-order valence-corrected chi connectivity index (χ4v) is 4.38. The first-order valence-electron chi connectivity index (χ1n) is 7.68. The number of hydrogen-bond donors (Lipinski definition) is 5. The molecule has 0 aromatic heterocycles. The second kappa shape index (κ2) is 8.41. The van der Waals surface area contributed by atoms with Gasteiger partial charge in [-0.1, -0.05) is 6.42 Å². The average molecular weight is 377 g/mol. The highest BCUT2D eigenvalue weighted by Crippen LogP contribution is 2.33. The number of carbonyl (C=O) groups is 1. The summed E-state index contributed by atoms with van der Waals surface area (Å²) in [5.74, 6) is -2.03. The molecule has 25 heavy (non-hydrogen) atoms. The largest absolute Gasteiger partial charge is 0.480 e. The number of likely N-dealkylation sites (N-methyl/N-ethyl adjacent to an activating group) is 1. The molecule has 1 fully saturated rings. The lowest BCUT2D eigenvalue weighted by Crippen LogP contribution is -2.55. The minimum absolute atomic E-state index is 0.0336. The van der Waals surface area contributed by atoms with Crippen LogP contribution in [-0.2, 0) is 15.0 Å². The topological polar surface area (TPSA) is 175 Å². The summed E-state index contributed by atoms with van der Waals surface area (Å²) >= 11 is 0. The molecule has 142 valence electrons. The molecule has 1 rings (SSSR count). The summed E-state index contributed by atoms with van der Waals surface area (Å²) in [5, 5.41) is 27.2. The van der Waals surface area contributed by atoms with Gasteiger partial charge in [0.05, 0.1) is 6.54 Å². The van der Waals surface area contributed by atoms with Crippen LogP contribution in [0.1, 0.15) is 12.8 Å².